The van der Waals surface area contributed by atoms with Crippen LogP contribution < -0.4 is 0 Å². The number of alkyl halides is 4. The largest absolute Gasteiger partial charge is 0.467 e. The van der Waals surface area contributed by atoms with Crippen molar-refractivity contribution in [1.82, 2.24) is 0 Å². The molecule has 0 N–H and O–H groups in total. The minimum Gasteiger partial charge on any atom is -0.188 e. The predicted octanol–water partition coefficient (Wildman–Crippen LogP) is 0.902. The third kappa shape index (κ3) is 1.77. The van der Waals surface area contributed by atoms with E-state index in [-0.39, 0.29) is 0 Å². The maximum absolute atomic E-state index is 11.4. The minimum absolute atomic E-state index is 6.17. The zero-order valence-electron chi connectivity index (χ0n) is 4.52. The molecule has 0 aliphatic heterocycles. The van der Waals surface area contributed by atoms with E-state index in [9.17, 15) is 29.9 Å². The van der Waals surface area contributed by atoms with Crippen molar-refractivity contribution in [2.45, 2.75) is 11.4 Å². The lowest BCUT2D eigenvalue weighted by Gasteiger charge is -2.14. The Hall–Kier alpha value is -0.440. The van der Waals surface area contributed by atoms with Crippen molar-refractivity contribution in [1.29, 1.82) is 0 Å². The van der Waals surface area contributed by atoms with E-state index < -0.39 is 21.6 Å². The summed E-state index contributed by atoms with van der Waals surface area (Å²) in [6, 6.07) is 0. The highest BCUT2D eigenvalue weighted by molar-refractivity contribution is 7.87. The molecule has 0 saturated heterocycles. The van der Waals surface area contributed by atoms with Crippen molar-refractivity contribution < 1.29 is 35.0 Å². The lowest BCUT2D eigenvalue weighted by atomic mass is 10.7. The van der Waals surface area contributed by atoms with E-state index in [0.717, 1.165) is 0 Å². The van der Waals surface area contributed by atoms with Crippen LogP contribution in [0.1, 0.15) is 0 Å². The molecule has 0 bridgehead atoms. The molecule has 0 aromatic heterocycles. The van der Waals surface area contributed by atoms with Crippen LogP contribution in [-0.2, 0) is 15.3 Å². The Bertz CT molecular complexity index is 237. The van der Waals surface area contributed by atoms with Crippen LogP contribution in [0.2, 0.25) is 0 Å². The van der Waals surface area contributed by atoms with Crippen molar-refractivity contribution in [3.63, 3.8) is 0 Å². The lowest BCUT2D eigenvalue weighted by Crippen LogP contribution is -2.43. The van der Waals surface area contributed by atoms with Crippen molar-refractivity contribution in [3.05, 3.63) is 0 Å². The van der Waals surface area contributed by atoms with Gasteiger partial charge >= 0.3 is 21.6 Å². The fraction of sp³-hybridized carbons (Fsp3) is 1.00. The van der Waals surface area contributed by atoms with Crippen LogP contribution in [0.5, 0.6) is 0 Å². The summed E-state index contributed by atoms with van der Waals surface area (Å²) in [6.45, 7) is 0. The molecule has 9 heteroatoms. The van der Waals surface area contributed by atoms with Crippen LogP contribution >= 0.6 is 0 Å². The Morgan fingerprint density at radius 1 is 1.00 bits per heavy atom. The summed E-state index contributed by atoms with van der Waals surface area (Å²) < 4.78 is 74.6. The molecular formula is C2F5O3S. The van der Waals surface area contributed by atoms with Gasteiger partial charge in [-0.25, -0.2) is 0 Å². The molecule has 1 radical (unpaired) electrons. The fourth-order valence-corrected chi connectivity index (χ4v) is 0.426. The highest BCUT2D eigenvalue weighted by atomic mass is 32.3. The summed E-state index contributed by atoms with van der Waals surface area (Å²) in [5, 5.41) is 2.86. The molecule has 0 atom stereocenters. The zero-order valence-corrected chi connectivity index (χ0v) is 5.34. The summed E-state index contributed by atoms with van der Waals surface area (Å²) in [4.78, 5) is 0. The van der Waals surface area contributed by atoms with Crippen LogP contribution in [0.15, 0.2) is 0 Å². The summed E-state index contributed by atoms with van der Waals surface area (Å²) >= 11 is 0. The van der Waals surface area contributed by atoms with Gasteiger partial charge in [-0.15, -0.1) is 5.11 Å². The number of halogens is 5. The van der Waals surface area contributed by atoms with Gasteiger partial charge in [-0.3, -0.25) is 0 Å². The van der Waals surface area contributed by atoms with Gasteiger partial charge in [-0.05, 0) is 0 Å². The van der Waals surface area contributed by atoms with Crippen LogP contribution in [0, 0.1) is 0 Å². The van der Waals surface area contributed by atoms with E-state index in [2.05, 4.69) is 0 Å². The monoisotopic (exact) mass is 199 g/mol. The van der Waals surface area contributed by atoms with Crippen LogP contribution in [0.25, 0.3) is 0 Å². The van der Waals surface area contributed by atoms with Crippen LogP contribution in [-0.4, -0.2) is 19.8 Å². The summed E-state index contributed by atoms with van der Waals surface area (Å²) in [5.41, 5.74) is 0. The normalized spacial score (nSPS) is 15.1. The Labute approximate surface area is 57.6 Å². The van der Waals surface area contributed by atoms with E-state index in [0.29, 0.717) is 0 Å². The Kier molecular flexibility index (Phi) is 2.18. The molecule has 0 amide bonds. The molecule has 11 heavy (non-hydrogen) atoms. The molecule has 3 nitrogen and oxygen atoms in total. The Balaban J connectivity index is 5.08. The van der Waals surface area contributed by atoms with E-state index in [1.54, 1.807) is 0 Å². The van der Waals surface area contributed by atoms with Gasteiger partial charge in [0.2, 0.25) is 0 Å². The molecule has 0 aliphatic rings. The van der Waals surface area contributed by atoms with Gasteiger partial charge < -0.3 is 0 Å². The number of hydrogen-bond acceptors (Lipinski definition) is 2. The van der Waals surface area contributed by atoms with E-state index in [1.165, 1.54) is 0 Å². The van der Waals surface area contributed by atoms with Crippen molar-refractivity contribution in [3.8, 4) is 0 Å². The van der Waals surface area contributed by atoms with Gasteiger partial charge in [0.25, 0.3) is 0 Å². The van der Waals surface area contributed by atoms with Gasteiger partial charge in [0.1, 0.15) is 0 Å². The van der Waals surface area contributed by atoms with E-state index in [4.69, 9.17) is 5.11 Å². The van der Waals surface area contributed by atoms with E-state index in [1.807, 2.05) is 0 Å². The molecule has 0 aromatic carbocycles. The number of hydrogen-bond donors (Lipinski definition) is 0. The highest BCUT2D eigenvalue weighted by Crippen LogP contribution is 2.37. The first kappa shape index (κ1) is 10.6. The average molecular weight is 199 g/mol. The number of rotatable bonds is 2. The van der Waals surface area contributed by atoms with Crippen molar-refractivity contribution in [2.75, 3.05) is 0 Å². The molecule has 0 heterocycles. The van der Waals surface area contributed by atoms with Crippen molar-refractivity contribution >= 4 is 10.2 Å². The predicted molar refractivity (Wildman–Crippen MR) is 20.6 cm³/mol. The molecule has 0 aliphatic carbocycles. The molecular weight excluding hydrogens is 199 g/mol. The second kappa shape index (κ2) is 2.27. The topological polar surface area (TPSA) is 54.0 Å². The molecule has 0 spiro atoms. The van der Waals surface area contributed by atoms with Gasteiger partial charge in [0, 0.05) is 0 Å². The highest BCUT2D eigenvalue weighted by Gasteiger charge is 2.68. The maximum atomic E-state index is 11.4. The first-order valence-electron chi connectivity index (χ1n) is 1.90. The quantitative estimate of drug-likeness (QED) is 0.490. The van der Waals surface area contributed by atoms with E-state index >= 15 is 0 Å². The summed E-state index contributed by atoms with van der Waals surface area (Å²) in [7, 11) is -6.86. The molecule has 0 unspecified atom stereocenters. The van der Waals surface area contributed by atoms with Crippen LogP contribution in [0.3, 0.4) is 0 Å². The second-order valence-electron chi connectivity index (χ2n) is 1.47. The zero-order chi connectivity index (χ0) is 9.50. The van der Waals surface area contributed by atoms with Gasteiger partial charge in [0.05, 0.1) is 0 Å². The van der Waals surface area contributed by atoms with Crippen LogP contribution in [0.4, 0.5) is 21.4 Å². The molecule has 67 valence electrons. The van der Waals surface area contributed by atoms with Gasteiger partial charge in [0.15, 0.2) is 0 Å². The fourth-order valence-electron chi connectivity index (χ4n) is 0.142. The first-order chi connectivity index (χ1) is 4.50. The average Bonchev–Trinajstić information content (AvgIpc) is 1.58. The molecule has 0 aromatic rings. The molecule has 0 rings (SSSR count). The SMILES string of the molecule is [O]C(F)(F)C(F)(F)S(=O)(=O)F. The first-order valence-corrected chi connectivity index (χ1v) is 3.29. The third-order valence-corrected chi connectivity index (χ3v) is 1.50. The minimum atomic E-state index is -6.86. The van der Waals surface area contributed by atoms with Gasteiger partial charge in [-0.1, -0.05) is 3.89 Å². The smallest absolute Gasteiger partial charge is 0.188 e. The summed E-state index contributed by atoms with van der Waals surface area (Å²) in [5.74, 6) is 0. The third-order valence-electron chi connectivity index (χ3n) is 0.645. The van der Waals surface area contributed by atoms with Gasteiger partial charge in [-0.2, -0.15) is 26.0 Å². The Morgan fingerprint density at radius 2 is 1.27 bits per heavy atom. The molecule has 0 fully saturated rings. The lowest BCUT2D eigenvalue weighted by molar-refractivity contribution is -0.323. The standard InChI is InChI=1S/C2F5O3S/c3-1(4,8)2(5,6)11(7,9)10. The Morgan fingerprint density at radius 3 is 1.27 bits per heavy atom. The van der Waals surface area contributed by atoms with Crippen molar-refractivity contribution in [2.24, 2.45) is 0 Å². The maximum Gasteiger partial charge on any atom is 0.467 e. The molecule has 0 saturated carbocycles. The second-order valence-corrected chi connectivity index (χ2v) is 2.86. The summed E-state index contributed by atoms with van der Waals surface area (Å²) in [6.07, 6.45) is -6.17.